The molecule has 0 saturated carbocycles. The van der Waals surface area contributed by atoms with E-state index >= 15 is 0 Å². The van der Waals surface area contributed by atoms with Crippen molar-refractivity contribution in [2.75, 3.05) is 38.3 Å². The van der Waals surface area contributed by atoms with E-state index in [1.807, 2.05) is 49.5 Å². The van der Waals surface area contributed by atoms with Gasteiger partial charge in [-0.15, -0.1) is 0 Å². The fourth-order valence-corrected chi connectivity index (χ4v) is 3.33. The molecule has 1 aromatic carbocycles. The molecule has 1 fully saturated rings. The molecule has 2 aromatic heterocycles. The van der Waals surface area contributed by atoms with Gasteiger partial charge in [-0.3, -0.25) is 9.78 Å². The number of carbonyl (C=O) groups is 1. The van der Waals surface area contributed by atoms with Gasteiger partial charge >= 0.3 is 0 Å². The Kier molecular flexibility index (Phi) is 4.98. The Balaban J connectivity index is 1.48. The summed E-state index contributed by atoms with van der Waals surface area (Å²) in [6.45, 7) is 3.60. The first-order valence-corrected chi connectivity index (χ1v) is 9.09. The number of morpholine rings is 1. The Morgan fingerprint density at radius 2 is 1.93 bits per heavy atom. The van der Waals surface area contributed by atoms with Crippen LogP contribution in [0.1, 0.15) is 15.9 Å². The summed E-state index contributed by atoms with van der Waals surface area (Å²) in [5, 5.41) is 1.07. The maximum Gasteiger partial charge on any atom is 0.255 e. The average Bonchev–Trinajstić information content (AvgIpc) is 2.74. The van der Waals surface area contributed by atoms with E-state index in [2.05, 4.69) is 14.9 Å². The van der Waals surface area contributed by atoms with Gasteiger partial charge in [-0.1, -0.05) is 18.2 Å². The third-order valence-corrected chi connectivity index (χ3v) is 4.82. The van der Waals surface area contributed by atoms with Crippen LogP contribution >= 0.6 is 0 Å². The summed E-state index contributed by atoms with van der Waals surface area (Å²) >= 11 is 0. The van der Waals surface area contributed by atoms with Gasteiger partial charge < -0.3 is 14.5 Å². The van der Waals surface area contributed by atoms with E-state index in [9.17, 15) is 4.79 Å². The molecule has 0 unspecified atom stereocenters. The fourth-order valence-electron chi connectivity index (χ4n) is 3.33. The molecular weight excluding hydrogens is 340 g/mol. The molecule has 4 rings (SSSR count). The van der Waals surface area contributed by atoms with Crippen LogP contribution in [0.5, 0.6) is 0 Å². The predicted molar refractivity (Wildman–Crippen MR) is 105 cm³/mol. The van der Waals surface area contributed by atoms with Crippen LogP contribution in [0.2, 0.25) is 0 Å². The van der Waals surface area contributed by atoms with Crippen molar-refractivity contribution in [2.24, 2.45) is 0 Å². The van der Waals surface area contributed by atoms with Gasteiger partial charge in [0.2, 0.25) is 0 Å². The molecule has 6 heteroatoms. The maximum absolute atomic E-state index is 12.8. The number of carbonyl (C=O) groups excluding carboxylic acids is 1. The number of amides is 1. The molecule has 0 bridgehead atoms. The first-order valence-electron chi connectivity index (χ1n) is 9.09. The summed E-state index contributed by atoms with van der Waals surface area (Å²) in [5.74, 6) is 0.842. The molecule has 3 heterocycles. The van der Waals surface area contributed by atoms with Crippen molar-refractivity contribution in [3.8, 4) is 0 Å². The summed E-state index contributed by atoms with van der Waals surface area (Å²) in [5.41, 5.74) is 2.61. The van der Waals surface area contributed by atoms with Gasteiger partial charge in [-0.2, -0.15) is 0 Å². The second kappa shape index (κ2) is 7.72. The number of hydrogen-bond acceptors (Lipinski definition) is 5. The van der Waals surface area contributed by atoms with Gasteiger partial charge in [0.05, 0.1) is 24.3 Å². The molecule has 138 valence electrons. The van der Waals surface area contributed by atoms with Crippen LogP contribution in [0.4, 0.5) is 5.82 Å². The summed E-state index contributed by atoms with van der Waals surface area (Å²) in [6.07, 6.45) is 3.45. The zero-order valence-corrected chi connectivity index (χ0v) is 15.3. The molecular formula is C21H22N4O2. The van der Waals surface area contributed by atoms with Crippen molar-refractivity contribution in [2.45, 2.75) is 6.54 Å². The number of aromatic nitrogens is 2. The van der Waals surface area contributed by atoms with E-state index in [-0.39, 0.29) is 5.91 Å². The lowest BCUT2D eigenvalue weighted by molar-refractivity contribution is 0.0785. The lowest BCUT2D eigenvalue weighted by atomic mass is 10.1. The van der Waals surface area contributed by atoms with Crippen LogP contribution in [0, 0.1) is 0 Å². The minimum absolute atomic E-state index is 0.0445. The highest BCUT2D eigenvalue weighted by molar-refractivity contribution is 5.94. The van der Waals surface area contributed by atoms with E-state index in [0.717, 1.165) is 35.4 Å². The van der Waals surface area contributed by atoms with Crippen LogP contribution < -0.4 is 4.90 Å². The predicted octanol–water partition coefficient (Wildman–Crippen LogP) is 2.74. The third kappa shape index (κ3) is 3.75. The minimum atomic E-state index is -0.0445. The van der Waals surface area contributed by atoms with Gasteiger partial charge in [0, 0.05) is 44.5 Å². The number of hydrogen-bond donors (Lipinski definition) is 0. The zero-order valence-electron chi connectivity index (χ0n) is 15.3. The van der Waals surface area contributed by atoms with E-state index in [1.165, 1.54) is 0 Å². The monoisotopic (exact) mass is 362 g/mol. The number of rotatable bonds is 4. The topological polar surface area (TPSA) is 58.6 Å². The Labute approximate surface area is 158 Å². The lowest BCUT2D eigenvalue weighted by Crippen LogP contribution is -2.36. The molecule has 6 nitrogen and oxygen atoms in total. The maximum atomic E-state index is 12.8. The Hall–Kier alpha value is -2.99. The van der Waals surface area contributed by atoms with E-state index in [0.29, 0.717) is 25.3 Å². The molecule has 0 radical (unpaired) electrons. The molecule has 3 aromatic rings. The molecule has 0 spiro atoms. The minimum Gasteiger partial charge on any atom is -0.378 e. The number of benzene rings is 1. The summed E-state index contributed by atoms with van der Waals surface area (Å²) in [4.78, 5) is 25.6. The Morgan fingerprint density at radius 1 is 1.11 bits per heavy atom. The second-order valence-corrected chi connectivity index (χ2v) is 6.65. The number of pyridine rings is 2. The number of ether oxygens (including phenoxy) is 1. The Bertz CT molecular complexity index is 931. The van der Waals surface area contributed by atoms with Crippen LogP contribution in [-0.2, 0) is 11.3 Å². The van der Waals surface area contributed by atoms with E-state index in [1.54, 1.807) is 17.3 Å². The molecule has 1 amide bonds. The standard InChI is InChI=1S/C21H22N4O2/c1-24(15-17-8-9-22-19-5-3-2-4-18(17)19)21(26)16-6-7-20(23-14-16)25-10-12-27-13-11-25/h2-9,14H,10-13,15H2,1H3. The smallest absolute Gasteiger partial charge is 0.255 e. The van der Waals surface area contributed by atoms with Crippen molar-refractivity contribution < 1.29 is 9.53 Å². The number of fused-ring (bicyclic) bond motifs is 1. The normalized spacial score (nSPS) is 14.3. The van der Waals surface area contributed by atoms with Gasteiger partial charge in [0.25, 0.3) is 5.91 Å². The summed E-state index contributed by atoms with van der Waals surface area (Å²) in [6, 6.07) is 13.7. The largest absolute Gasteiger partial charge is 0.378 e. The molecule has 1 saturated heterocycles. The number of nitrogens with zero attached hydrogens (tertiary/aromatic N) is 4. The highest BCUT2D eigenvalue weighted by atomic mass is 16.5. The molecule has 1 aliphatic heterocycles. The second-order valence-electron chi connectivity index (χ2n) is 6.65. The molecule has 0 aliphatic carbocycles. The number of anilines is 1. The van der Waals surface area contributed by atoms with Gasteiger partial charge in [-0.25, -0.2) is 4.98 Å². The molecule has 0 N–H and O–H groups in total. The average molecular weight is 362 g/mol. The van der Waals surface area contributed by atoms with Crippen LogP contribution in [-0.4, -0.2) is 54.1 Å². The molecule has 1 aliphatic rings. The van der Waals surface area contributed by atoms with Crippen molar-refractivity contribution in [1.29, 1.82) is 0 Å². The van der Waals surface area contributed by atoms with Crippen LogP contribution in [0.15, 0.2) is 54.9 Å². The summed E-state index contributed by atoms with van der Waals surface area (Å²) in [7, 11) is 1.81. The van der Waals surface area contributed by atoms with Gasteiger partial charge in [0.15, 0.2) is 0 Å². The fraction of sp³-hybridized carbons (Fsp3) is 0.286. The highest BCUT2D eigenvalue weighted by Gasteiger charge is 2.16. The van der Waals surface area contributed by atoms with Crippen LogP contribution in [0.3, 0.4) is 0 Å². The van der Waals surface area contributed by atoms with Crippen LogP contribution in [0.25, 0.3) is 10.9 Å². The van der Waals surface area contributed by atoms with E-state index < -0.39 is 0 Å². The zero-order chi connectivity index (χ0) is 18.6. The van der Waals surface area contributed by atoms with Crippen molar-refractivity contribution in [3.63, 3.8) is 0 Å². The first kappa shape index (κ1) is 17.4. The molecule has 0 atom stereocenters. The van der Waals surface area contributed by atoms with Crippen molar-refractivity contribution >= 4 is 22.6 Å². The van der Waals surface area contributed by atoms with Crippen molar-refractivity contribution in [1.82, 2.24) is 14.9 Å². The quantitative estimate of drug-likeness (QED) is 0.714. The molecule has 27 heavy (non-hydrogen) atoms. The van der Waals surface area contributed by atoms with Gasteiger partial charge in [0.1, 0.15) is 5.82 Å². The van der Waals surface area contributed by atoms with Gasteiger partial charge in [-0.05, 0) is 29.8 Å². The highest BCUT2D eigenvalue weighted by Crippen LogP contribution is 2.19. The third-order valence-electron chi connectivity index (χ3n) is 4.82. The lowest BCUT2D eigenvalue weighted by Gasteiger charge is -2.27. The Morgan fingerprint density at radius 3 is 2.70 bits per heavy atom. The number of para-hydroxylation sites is 1. The first-order chi connectivity index (χ1) is 13.2. The summed E-state index contributed by atoms with van der Waals surface area (Å²) < 4.78 is 5.37. The van der Waals surface area contributed by atoms with E-state index in [4.69, 9.17) is 4.74 Å². The van der Waals surface area contributed by atoms with Crippen molar-refractivity contribution in [3.05, 3.63) is 66.0 Å². The SMILES string of the molecule is CN(Cc1ccnc2ccccc12)C(=O)c1ccc(N2CCOCC2)nc1.